The minimum absolute atomic E-state index is 0.330. The van der Waals surface area contributed by atoms with Gasteiger partial charge in [-0.1, -0.05) is 6.08 Å². The van der Waals surface area contributed by atoms with E-state index in [0.717, 1.165) is 56.8 Å². The number of rotatable bonds is 5. The lowest BCUT2D eigenvalue weighted by atomic mass is 9.75. The van der Waals surface area contributed by atoms with Gasteiger partial charge in [0.15, 0.2) is 0 Å². The van der Waals surface area contributed by atoms with Crippen LogP contribution in [-0.4, -0.2) is 48.7 Å². The van der Waals surface area contributed by atoms with Gasteiger partial charge in [-0.3, -0.25) is 4.90 Å². The Morgan fingerprint density at radius 2 is 1.62 bits per heavy atom. The molecule has 0 unspecified atom stereocenters. The van der Waals surface area contributed by atoms with E-state index in [1.54, 1.807) is 14.2 Å². The summed E-state index contributed by atoms with van der Waals surface area (Å²) >= 11 is 0. The maximum absolute atomic E-state index is 5.53. The molecule has 5 heterocycles. The molecule has 0 bridgehead atoms. The van der Waals surface area contributed by atoms with E-state index in [1.165, 1.54) is 44.3 Å². The number of hydrogen-bond donors (Lipinski definition) is 3. The van der Waals surface area contributed by atoms with Gasteiger partial charge in [-0.15, -0.1) is 6.58 Å². The lowest BCUT2D eigenvalue weighted by Gasteiger charge is -2.46. The van der Waals surface area contributed by atoms with E-state index in [0.29, 0.717) is 23.9 Å². The third-order valence-corrected chi connectivity index (χ3v) is 9.25. The van der Waals surface area contributed by atoms with Crippen molar-refractivity contribution < 1.29 is 9.47 Å². The second kappa shape index (κ2) is 8.96. The van der Waals surface area contributed by atoms with Gasteiger partial charge >= 0.3 is 0 Å². The number of fused-ring (bicyclic) bond motifs is 8. The highest BCUT2D eigenvalue weighted by atomic mass is 16.5. The minimum atomic E-state index is 0.330. The molecular weight excluding hydrogens is 460 g/mol. The normalized spacial score (nSPS) is 25.5. The number of piperidine rings is 1. The molecule has 192 valence electrons. The molecule has 0 aliphatic carbocycles. The molecular formula is C31H36N4O2. The monoisotopic (exact) mass is 496 g/mol. The third kappa shape index (κ3) is 3.69. The van der Waals surface area contributed by atoms with E-state index in [2.05, 4.69) is 63.2 Å². The summed E-state index contributed by atoms with van der Waals surface area (Å²) in [7, 11) is 3.49. The smallest absolute Gasteiger partial charge is 0.119 e. The predicted molar refractivity (Wildman–Crippen MR) is 149 cm³/mol. The Hall–Kier alpha value is -3.22. The molecule has 3 N–H and O–H groups in total. The highest BCUT2D eigenvalue weighted by molar-refractivity contribution is 5.87. The van der Waals surface area contributed by atoms with E-state index >= 15 is 0 Å². The first kappa shape index (κ1) is 22.9. The Morgan fingerprint density at radius 1 is 0.946 bits per heavy atom. The first-order valence-corrected chi connectivity index (χ1v) is 13.6. The van der Waals surface area contributed by atoms with Crippen LogP contribution < -0.4 is 14.8 Å². The van der Waals surface area contributed by atoms with Gasteiger partial charge in [-0.25, -0.2) is 0 Å². The molecule has 0 saturated carbocycles. The zero-order valence-electron chi connectivity index (χ0n) is 21.8. The first-order chi connectivity index (χ1) is 18.2. The van der Waals surface area contributed by atoms with Crippen molar-refractivity contribution in [2.45, 2.75) is 37.8 Å². The van der Waals surface area contributed by atoms with Gasteiger partial charge in [-0.05, 0) is 91.6 Å². The fraction of sp³-hybridized carbons (Fsp3) is 0.419. The molecule has 37 heavy (non-hydrogen) atoms. The molecule has 6 heteroatoms. The highest BCUT2D eigenvalue weighted by Crippen LogP contribution is 2.46. The molecule has 0 amide bonds. The van der Waals surface area contributed by atoms with Crippen LogP contribution in [-0.2, 0) is 12.8 Å². The molecule has 0 spiro atoms. The molecule has 4 atom stereocenters. The van der Waals surface area contributed by atoms with Gasteiger partial charge in [0.2, 0.25) is 0 Å². The van der Waals surface area contributed by atoms with Crippen LogP contribution in [0, 0.1) is 11.8 Å². The Morgan fingerprint density at radius 3 is 2.30 bits per heavy atom. The van der Waals surface area contributed by atoms with Crippen LogP contribution in [0.15, 0.2) is 49.1 Å². The predicted octanol–water partition coefficient (Wildman–Crippen LogP) is 5.66. The van der Waals surface area contributed by atoms with Crippen LogP contribution >= 0.6 is 0 Å². The number of ether oxygens (including phenoxy) is 2. The van der Waals surface area contributed by atoms with Gasteiger partial charge in [0.05, 0.1) is 20.3 Å². The van der Waals surface area contributed by atoms with Gasteiger partial charge in [0.25, 0.3) is 0 Å². The van der Waals surface area contributed by atoms with Crippen LogP contribution in [0.3, 0.4) is 0 Å². The van der Waals surface area contributed by atoms with Crippen molar-refractivity contribution in [3.05, 3.63) is 71.6 Å². The van der Waals surface area contributed by atoms with Crippen molar-refractivity contribution in [3.63, 3.8) is 0 Å². The summed E-state index contributed by atoms with van der Waals surface area (Å²) in [5.41, 5.74) is 8.14. The summed E-state index contributed by atoms with van der Waals surface area (Å²) in [6, 6.07) is 13.6. The summed E-state index contributed by atoms with van der Waals surface area (Å²) in [6.07, 6.45) is 6.61. The van der Waals surface area contributed by atoms with E-state index in [9.17, 15) is 0 Å². The summed E-state index contributed by atoms with van der Waals surface area (Å²) in [4.78, 5) is 10.3. The summed E-state index contributed by atoms with van der Waals surface area (Å²) in [5, 5.41) is 6.48. The Bertz CT molecular complexity index is 1480. The van der Waals surface area contributed by atoms with E-state index in [-0.39, 0.29) is 0 Å². The lowest BCUT2D eigenvalue weighted by molar-refractivity contribution is 0.0623. The number of hydrogen-bond acceptors (Lipinski definition) is 4. The van der Waals surface area contributed by atoms with Crippen molar-refractivity contribution in [2.75, 3.05) is 33.9 Å². The Kier molecular flexibility index (Phi) is 5.56. The Labute approximate surface area is 218 Å². The van der Waals surface area contributed by atoms with Crippen LogP contribution in [0.25, 0.3) is 21.8 Å². The summed E-state index contributed by atoms with van der Waals surface area (Å²) in [5.74, 6) is 2.92. The van der Waals surface area contributed by atoms with Crippen molar-refractivity contribution >= 4 is 21.8 Å². The maximum Gasteiger partial charge on any atom is 0.119 e. The van der Waals surface area contributed by atoms with Gasteiger partial charge < -0.3 is 24.8 Å². The van der Waals surface area contributed by atoms with Crippen molar-refractivity contribution in [1.29, 1.82) is 0 Å². The topological polar surface area (TPSA) is 65.3 Å². The average molecular weight is 497 g/mol. The molecule has 6 nitrogen and oxygen atoms in total. The number of H-pyrrole nitrogens is 2. The Balaban J connectivity index is 1.20. The average Bonchev–Trinajstić information content (AvgIpc) is 3.51. The quantitative estimate of drug-likeness (QED) is 0.312. The molecule has 1 fully saturated rings. The molecule has 2 aromatic carbocycles. The second-order valence-corrected chi connectivity index (χ2v) is 11.0. The van der Waals surface area contributed by atoms with E-state index < -0.39 is 0 Å². The highest BCUT2D eigenvalue weighted by Gasteiger charge is 2.40. The van der Waals surface area contributed by atoms with E-state index in [1.807, 2.05) is 6.07 Å². The van der Waals surface area contributed by atoms with Gasteiger partial charge in [-0.2, -0.15) is 0 Å². The van der Waals surface area contributed by atoms with Crippen LogP contribution in [0.1, 0.15) is 47.4 Å². The largest absolute Gasteiger partial charge is 0.497 e. The van der Waals surface area contributed by atoms with Crippen LogP contribution in [0.2, 0.25) is 0 Å². The van der Waals surface area contributed by atoms with Crippen molar-refractivity contribution in [3.8, 4) is 11.5 Å². The molecule has 3 aliphatic rings. The molecule has 3 aliphatic heterocycles. The molecule has 0 radical (unpaired) electrons. The maximum atomic E-state index is 5.53. The number of nitrogens with one attached hydrogen (secondary N) is 3. The third-order valence-electron chi connectivity index (χ3n) is 9.25. The number of aromatic nitrogens is 2. The number of methoxy groups -OCH3 is 2. The van der Waals surface area contributed by atoms with Crippen molar-refractivity contribution in [1.82, 2.24) is 20.2 Å². The zero-order valence-corrected chi connectivity index (χ0v) is 21.8. The molecule has 2 aromatic heterocycles. The minimum Gasteiger partial charge on any atom is -0.497 e. The number of aromatic amines is 2. The summed E-state index contributed by atoms with van der Waals surface area (Å²) in [6.45, 7) is 7.47. The molecule has 4 aromatic rings. The second-order valence-electron chi connectivity index (χ2n) is 11.0. The first-order valence-electron chi connectivity index (χ1n) is 13.6. The zero-order chi connectivity index (χ0) is 25.1. The van der Waals surface area contributed by atoms with E-state index in [4.69, 9.17) is 9.47 Å². The molecule has 7 rings (SSSR count). The standard InChI is InChI=1S/C31H36N4O2/c1-4-18-17-35-12-10-23-25-16-21(37-3)6-8-27(25)34-31(23)29(35)14-19(18)13-28-30-22(9-11-32-28)24-15-20(36-2)5-7-26(24)33-30/h4-8,15-16,18-19,28-29,32-34H,1,9-14,17H2,2-3H3/t18-,19-,28-,29+/m0/s1. The number of nitrogens with zero attached hydrogens (tertiary/aromatic N) is 1. The lowest BCUT2D eigenvalue weighted by Crippen LogP contribution is -2.46. The van der Waals surface area contributed by atoms with Gasteiger partial charge in [0, 0.05) is 52.3 Å². The number of benzene rings is 2. The fourth-order valence-corrected chi connectivity index (χ4v) is 7.35. The SMILES string of the molecule is C=C[C@H]1CN2CCc3c([nH]c4ccc(OC)cc34)[C@H]2C[C@@H]1C[C@@H]1NCCc2c1[nH]c1ccc(OC)cc21. The van der Waals surface area contributed by atoms with Crippen molar-refractivity contribution in [2.24, 2.45) is 11.8 Å². The van der Waals surface area contributed by atoms with Crippen LogP contribution in [0.5, 0.6) is 11.5 Å². The summed E-state index contributed by atoms with van der Waals surface area (Å²) < 4.78 is 11.0. The molecule has 1 saturated heterocycles. The van der Waals surface area contributed by atoms with Gasteiger partial charge in [0.1, 0.15) is 11.5 Å². The van der Waals surface area contributed by atoms with Crippen LogP contribution in [0.4, 0.5) is 0 Å². The fourth-order valence-electron chi connectivity index (χ4n) is 7.35.